The van der Waals surface area contributed by atoms with Crippen LogP contribution in [-0.4, -0.2) is 37.2 Å². The highest BCUT2D eigenvalue weighted by atomic mass is 16.6. The molecule has 0 unspecified atom stereocenters. The zero-order valence-corrected chi connectivity index (χ0v) is 45.3. The van der Waals surface area contributed by atoms with Crippen LogP contribution in [0.4, 0.5) is 0 Å². The van der Waals surface area contributed by atoms with Crippen LogP contribution in [0.25, 0.3) is 0 Å². The van der Waals surface area contributed by atoms with Crippen LogP contribution in [0.2, 0.25) is 0 Å². The van der Waals surface area contributed by atoms with E-state index in [1.165, 1.54) is 225 Å². The van der Waals surface area contributed by atoms with Crippen LogP contribution in [0.15, 0.2) is 0 Å². The Labute approximate surface area is 412 Å². The van der Waals surface area contributed by atoms with Crippen LogP contribution < -0.4 is 0 Å². The van der Waals surface area contributed by atoms with Gasteiger partial charge in [0.05, 0.1) is 0 Å². The molecule has 0 aromatic carbocycles. The maximum atomic E-state index is 12.9. The summed E-state index contributed by atoms with van der Waals surface area (Å²) in [6, 6.07) is 0. The van der Waals surface area contributed by atoms with Crippen LogP contribution >= 0.6 is 0 Å². The summed E-state index contributed by atoms with van der Waals surface area (Å²) >= 11 is 0. The van der Waals surface area contributed by atoms with Crippen molar-refractivity contribution in [2.75, 3.05) is 13.2 Å². The summed E-state index contributed by atoms with van der Waals surface area (Å²) in [6.07, 6.45) is 56.6. The van der Waals surface area contributed by atoms with Crippen molar-refractivity contribution >= 4 is 17.9 Å². The van der Waals surface area contributed by atoms with E-state index in [-0.39, 0.29) is 31.1 Å². The molecular formula is C60H116O6. The normalized spacial score (nSPS) is 12.0. The predicted molar refractivity (Wildman–Crippen MR) is 284 cm³/mol. The van der Waals surface area contributed by atoms with Gasteiger partial charge in [0.2, 0.25) is 0 Å². The fourth-order valence-electron chi connectivity index (χ4n) is 9.23. The SMILES string of the molecule is CCCCCCCCCCCCCCCC(=O)OC[C@H](COC(=O)CCCCCCCCCCCCCCCCC(C)C)OC(=O)CCCCCCCCCCCCCCCCCC(C)C. The van der Waals surface area contributed by atoms with E-state index < -0.39 is 6.10 Å². The summed E-state index contributed by atoms with van der Waals surface area (Å²) in [6.45, 7) is 11.4. The van der Waals surface area contributed by atoms with Gasteiger partial charge in [-0.1, -0.05) is 298 Å². The van der Waals surface area contributed by atoms with Crippen LogP contribution in [0.3, 0.4) is 0 Å². The standard InChI is InChI=1S/C60H116O6/c1-6-7-8-9-10-11-12-18-25-30-35-40-45-50-58(61)64-53-57(54-65-59(62)51-46-41-36-31-26-21-17-16-20-24-29-34-39-44-49-56(4)5)66-60(63)52-47-42-37-32-27-22-15-13-14-19-23-28-33-38-43-48-55(2)3/h55-57H,6-54H2,1-5H3/t57-/m1/s1. The molecule has 0 amide bonds. The van der Waals surface area contributed by atoms with Crippen LogP contribution in [-0.2, 0) is 28.6 Å². The van der Waals surface area contributed by atoms with Gasteiger partial charge >= 0.3 is 17.9 Å². The molecule has 0 rings (SSSR count). The van der Waals surface area contributed by atoms with E-state index in [1.54, 1.807) is 0 Å². The van der Waals surface area contributed by atoms with E-state index in [2.05, 4.69) is 34.6 Å². The smallest absolute Gasteiger partial charge is 0.306 e. The summed E-state index contributed by atoms with van der Waals surface area (Å²) in [4.78, 5) is 38.2. The molecule has 0 heterocycles. The van der Waals surface area contributed by atoms with E-state index in [0.29, 0.717) is 19.3 Å². The molecule has 6 nitrogen and oxygen atoms in total. The van der Waals surface area contributed by atoms with E-state index >= 15 is 0 Å². The Kier molecular flexibility index (Phi) is 51.5. The number of unbranched alkanes of at least 4 members (excludes halogenated alkanes) is 39. The number of rotatable bonds is 54. The molecule has 0 fully saturated rings. The van der Waals surface area contributed by atoms with Gasteiger partial charge in [0.1, 0.15) is 13.2 Å². The molecule has 0 saturated heterocycles. The second-order valence-electron chi connectivity index (χ2n) is 21.6. The molecule has 1 atom stereocenters. The van der Waals surface area contributed by atoms with Crippen molar-refractivity contribution in [1.29, 1.82) is 0 Å². The number of carbonyl (C=O) groups is 3. The van der Waals surface area contributed by atoms with Gasteiger partial charge in [0, 0.05) is 19.3 Å². The minimum atomic E-state index is -0.763. The highest BCUT2D eigenvalue weighted by Gasteiger charge is 2.19. The monoisotopic (exact) mass is 933 g/mol. The number of carbonyl (C=O) groups excluding carboxylic acids is 3. The summed E-state index contributed by atoms with van der Waals surface area (Å²) in [5.74, 6) is 0.856. The molecule has 0 aromatic heterocycles. The van der Waals surface area contributed by atoms with Crippen LogP contribution in [0, 0.1) is 11.8 Å². The minimum absolute atomic E-state index is 0.0623. The van der Waals surface area contributed by atoms with Crippen LogP contribution in [0.1, 0.15) is 336 Å². The first-order valence-corrected chi connectivity index (χ1v) is 29.7. The lowest BCUT2D eigenvalue weighted by Crippen LogP contribution is -2.30. The molecule has 0 spiro atoms. The van der Waals surface area contributed by atoms with Gasteiger partial charge in [-0.25, -0.2) is 0 Å². The Hall–Kier alpha value is -1.59. The highest BCUT2D eigenvalue weighted by Crippen LogP contribution is 2.18. The Bertz CT molecular complexity index is 1010. The van der Waals surface area contributed by atoms with Gasteiger partial charge in [-0.05, 0) is 31.1 Å². The fraction of sp³-hybridized carbons (Fsp3) is 0.950. The lowest BCUT2D eigenvalue weighted by molar-refractivity contribution is -0.167. The number of ether oxygens (including phenoxy) is 3. The van der Waals surface area contributed by atoms with Crippen molar-refractivity contribution < 1.29 is 28.6 Å². The van der Waals surface area contributed by atoms with Gasteiger partial charge in [-0.2, -0.15) is 0 Å². The van der Waals surface area contributed by atoms with Gasteiger partial charge in [-0.15, -0.1) is 0 Å². The van der Waals surface area contributed by atoms with Crippen LogP contribution in [0.5, 0.6) is 0 Å². The molecular weight excluding hydrogens is 817 g/mol. The Morgan fingerprint density at radius 1 is 0.288 bits per heavy atom. The molecule has 0 saturated carbocycles. The molecule has 392 valence electrons. The largest absolute Gasteiger partial charge is 0.462 e. The van der Waals surface area contributed by atoms with Gasteiger partial charge in [0.15, 0.2) is 6.10 Å². The Morgan fingerprint density at radius 3 is 0.742 bits per heavy atom. The van der Waals surface area contributed by atoms with Crippen molar-refractivity contribution in [1.82, 2.24) is 0 Å². The first kappa shape index (κ1) is 64.4. The average molecular weight is 934 g/mol. The van der Waals surface area contributed by atoms with E-state index in [4.69, 9.17) is 14.2 Å². The quantitative estimate of drug-likeness (QED) is 0.0343. The number of hydrogen-bond donors (Lipinski definition) is 0. The lowest BCUT2D eigenvalue weighted by Gasteiger charge is -2.18. The van der Waals surface area contributed by atoms with Crippen molar-refractivity contribution in [3.63, 3.8) is 0 Å². The summed E-state index contributed by atoms with van der Waals surface area (Å²) in [5, 5.41) is 0. The highest BCUT2D eigenvalue weighted by molar-refractivity contribution is 5.71. The van der Waals surface area contributed by atoms with Crippen molar-refractivity contribution in [2.45, 2.75) is 343 Å². The summed E-state index contributed by atoms with van der Waals surface area (Å²) in [7, 11) is 0. The fourth-order valence-corrected chi connectivity index (χ4v) is 9.23. The van der Waals surface area contributed by atoms with Crippen molar-refractivity contribution in [3.05, 3.63) is 0 Å². The first-order chi connectivity index (χ1) is 32.2. The average Bonchev–Trinajstić information content (AvgIpc) is 3.29. The topological polar surface area (TPSA) is 78.9 Å². The molecule has 0 bridgehead atoms. The number of esters is 3. The summed E-state index contributed by atoms with van der Waals surface area (Å²) in [5.41, 5.74) is 0. The molecule has 6 heteroatoms. The van der Waals surface area contributed by atoms with E-state index in [9.17, 15) is 14.4 Å². The zero-order chi connectivity index (χ0) is 48.2. The van der Waals surface area contributed by atoms with E-state index in [0.717, 1.165) is 69.6 Å². The Balaban J connectivity index is 4.28. The van der Waals surface area contributed by atoms with Crippen molar-refractivity contribution in [2.24, 2.45) is 11.8 Å². The third kappa shape index (κ3) is 53.4. The molecule has 0 N–H and O–H groups in total. The van der Waals surface area contributed by atoms with Gasteiger partial charge < -0.3 is 14.2 Å². The Morgan fingerprint density at radius 2 is 0.500 bits per heavy atom. The number of hydrogen-bond acceptors (Lipinski definition) is 6. The second-order valence-corrected chi connectivity index (χ2v) is 21.6. The molecule has 0 aliphatic heterocycles. The summed E-state index contributed by atoms with van der Waals surface area (Å²) < 4.78 is 16.9. The molecule has 0 aliphatic rings. The van der Waals surface area contributed by atoms with Crippen molar-refractivity contribution in [3.8, 4) is 0 Å². The lowest BCUT2D eigenvalue weighted by atomic mass is 10.0. The maximum absolute atomic E-state index is 12.9. The van der Waals surface area contributed by atoms with Gasteiger partial charge in [0.25, 0.3) is 0 Å². The molecule has 0 radical (unpaired) electrons. The zero-order valence-electron chi connectivity index (χ0n) is 45.3. The second kappa shape index (κ2) is 52.8. The first-order valence-electron chi connectivity index (χ1n) is 29.7. The van der Waals surface area contributed by atoms with Gasteiger partial charge in [-0.3, -0.25) is 14.4 Å². The molecule has 66 heavy (non-hydrogen) atoms. The maximum Gasteiger partial charge on any atom is 0.306 e. The van der Waals surface area contributed by atoms with E-state index in [1.807, 2.05) is 0 Å². The minimum Gasteiger partial charge on any atom is -0.462 e. The molecule has 0 aromatic rings. The predicted octanol–water partition coefficient (Wildman–Crippen LogP) is 19.7. The molecule has 0 aliphatic carbocycles. The third-order valence-corrected chi connectivity index (χ3v) is 13.7. The third-order valence-electron chi connectivity index (χ3n) is 13.7.